The molecule has 0 saturated heterocycles. The molecular formula is C4H3F3NOS. The zero-order valence-electron chi connectivity index (χ0n) is 4.68. The Morgan fingerprint density at radius 1 is 1.60 bits per heavy atom. The van der Waals surface area contributed by atoms with Gasteiger partial charge in [0.2, 0.25) is 0 Å². The average molecular weight is 170 g/mol. The van der Waals surface area contributed by atoms with Gasteiger partial charge in [-0.25, -0.2) is 0 Å². The molecule has 10 heavy (non-hydrogen) atoms. The van der Waals surface area contributed by atoms with Crippen molar-refractivity contribution in [3.8, 4) is 0 Å². The second-order valence-corrected chi connectivity index (χ2v) is 2.50. The summed E-state index contributed by atoms with van der Waals surface area (Å²) in [6, 6.07) is 0. The van der Waals surface area contributed by atoms with E-state index in [1.165, 1.54) is 0 Å². The van der Waals surface area contributed by atoms with E-state index in [4.69, 9.17) is 0 Å². The van der Waals surface area contributed by atoms with Crippen LogP contribution in [0.2, 0.25) is 0 Å². The summed E-state index contributed by atoms with van der Waals surface area (Å²) in [5.41, 5.74) is -1.07. The van der Waals surface area contributed by atoms with E-state index in [1.54, 1.807) is 0 Å². The van der Waals surface area contributed by atoms with Gasteiger partial charge in [-0.2, -0.15) is 0 Å². The summed E-state index contributed by atoms with van der Waals surface area (Å²) in [5.74, 6) is 0.292. The number of halogens is 3. The normalized spacial score (nSPS) is 25.7. The average Bonchev–Trinajstić information content (AvgIpc) is 2.12. The Bertz CT molecular complexity index is 146. The lowest BCUT2D eigenvalue weighted by Crippen LogP contribution is -2.20. The minimum Gasteiger partial charge on any atom is -0.273 e. The number of thioether (sulfide) groups is 1. The lowest BCUT2D eigenvalue weighted by molar-refractivity contribution is -0.322. The number of hydrogen-bond donors (Lipinski definition) is 0. The Labute approximate surface area is 59.5 Å². The fraction of sp³-hybridized carbons (Fsp3) is 0.750. The maximum absolute atomic E-state index is 11.4. The minimum absolute atomic E-state index is 0.292. The summed E-state index contributed by atoms with van der Waals surface area (Å²) < 4.78 is 37.7. The Morgan fingerprint density at radius 2 is 2.30 bits per heavy atom. The lowest BCUT2D eigenvalue weighted by atomic mass is 10.8. The largest absolute Gasteiger partial charge is 0.523 e. The van der Waals surface area contributed by atoms with Crippen LogP contribution in [0.3, 0.4) is 0 Å². The molecular weight excluding hydrogens is 167 g/mol. The van der Waals surface area contributed by atoms with E-state index < -0.39 is 11.8 Å². The summed E-state index contributed by atoms with van der Waals surface area (Å²) in [6.07, 6.45) is -2.42. The number of ether oxygens (including phenoxy) is 1. The molecule has 0 amide bonds. The minimum atomic E-state index is -4.58. The molecule has 1 rings (SSSR count). The second kappa shape index (κ2) is 2.79. The van der Waals surface area contributed by atoms with Crippen LogP contribution in [0.1, 0.15) is 0 Å². The van der Waals surface area contributed by atoms with Gasteiger partial charge in [-0.15, -0.1) is 24.9 Å². The molecule has 1 unspecified atom stereocenters. The van der Waals surface area contributed by atoms with E-state index in [2.05, 4.69) is 15.9 Å². The molecule has 0 spiro atoms. The highest BCUT2D eigenvalue weighted by Gasteiger charge is 2.34. The summed E-state index contributed by atoms with van der Waals surface area (Å²) in [7, 11) is 0. The third kappa shape index (κ3) is 2.57. The lowest BCUT2D eigenvalue weighted by Gasteiger charge is -2.09. The Balaban J connectivity index is 2.31. The molecule has 0 aromatic rings. The quantitative estimate of drug-likeness (QED) is 0.594. The number of rotatable bonds is 1. The van der Waals surface area contributed by atoms with Gasteiger partial charge in [0.25, 0.3) is 0 Å². The van der Waals surface area contributed by atoms with Crippen molar-refractivity contribution < 1.29 is 17.9 Å². The van der Waals surface area contributed by atoms with Crippen molar-refractivity contribution in [3.05, 3.63) is 0 Å². The second-order valence-electron chi connectivity index (χ2n) is 1.48. The first-order valence-electron chi connectivity index (χ1n) is 2.36. The highest BCUT2D eigenvalue weighted by molar-refractivity contribution is 8.00. The van der Waals surface area contributed by atoms with Crippen molar-refractivity contribution in [2.24, 2.45) is 4.99 Å². The fourth-order valence-corrected chi connectivity index (χ4v) is 1.05. The van der Waals surface area contributed by atoms with Crippen LogP contribution in [0.5, 0.6) is 0 Å². The number of aliphatic imine (C=N–C) groups is 1. The summed E-state index contributed by atoms with van der Waals surface area (Å²) in [5, 5.41) is 0. The molecule has 0 saturated carbocycles. The number of hydrogen-bond acceptors (Lipinski definition) is 3. The third-order valence-corrected chi connectivity index (χ3v) is 1.51. The number of alkyl halides is 3. The van der Waals surface area contributed by atoms with Crippen LogP contribution in [0.25, 0.3) is 0 Å². The van der Waals surface area contributed by atoms with Crippen LogP contribution >= 0.6 is 11.8 Å². The maximum Gasteiger partial charge on any atom is 0.523 e. The van der Waals surface area contributed by atoms with E-state index in [1.807, 2.05) is 0 Å². The monoisotopic (exact) mass is 170 g/mol. The molecule has 0 bridgehead atoms. The molecule has 1 aliphatic heterocycles. The molecule has 1 aliphatic rings. The van der Waals surface area contributed by atoms with Crippen LogP contribution in [-0.4, -0.2) is 23.9 Å². The van der Waals surface area contributed by atoms with Crippen LogP contribution in [0.15, 0.2) is 4.99 Å². The van der Waals surface area contributed by atoms with Gasteiger partial charge in [0.1, 0.15) is 0 Å². The molecule has 0 fully saturated rings. The molecule has 0 aromatic heterocycles. The molecule has 1 atom stereocenters. The first-order chi connectivity index (χ1) is 4.58. The van der Waals surface area contributed by atoms with Gasteiger partial charge in [0, 0.05) is 0 Å². The van der Waals surface area contributed by atoms with Crippen molar-refractivity contribution in [2.45, 2.75) is 11.8 Å². The molecule has 57 valence electrons. The van der Waals surface area contributed by atoms with Crippen molar-refractivity contribution in [1.29, 1.82) is 0 Å². The van der Waals surface area contributed by atoms with Crippen molar-refractivity contribution in [3.63, 3.8) is 0 Å². The molecule has 0 aromatic carbocycles. The van der Waals surface area contributed by atoms with Crippen molar-refractivity contribution >= 4 is 18.0 Å². The van der Waals surface area contributed by atoms with Gasteiger partial charge in [-0.05, 0) is 0 Å². The summed E-state index contributed by atoms with van der Waals surface area (Å²) >= 11 is 0.949. The molecule has 1 heterocycles. The molecule has 6 heteroatoms. The van der Waals surface area contributed by atoms with Gasteiger partial charge in [0.05, 0.1) is 12.1 Å². The van der Waals surface area contributed by atoms with Crippen LogP contribution < -0.4 is 0 Å². The first-order valence-corrected chi connectivity index (χ1v) is 3.41. The third-order valence-electron chi connectivity index (χ3n) is 0.728. The van der Waals surface area contributed by atoms with E-state index in [9.17, 15) is 13.2 Å². The molecule has 0 N–H and O–H groups in total. The Kier molecular flexibility index (Phi) is 2.20. The molecule has 2 nitrogen and oxygen atoms in total. The highest BCUT2D eigenvalue weighted by atomic mass is 32.2. The van der Waals surface area contributed by atoms with Gasteiger partial charge >= 0.3 is 6.36 Å². The predicted molar refractivity (Wildman–Crippen MR) is 30.8 cm³/mol. The zero-order chi connectivity index (χ0) is 7.61. The summed E-state index contributed by atoms with van der Waals surface area (Å²) in [6.45, 7) is 0. The van der Waals surface area contributed by atoms with Gasteiger partial charge in [-0.1, -0.05) is 0 Å². The van der Waals surface area contributed by atoms with Gasteiger partial charge in [0.15, 0.2) is 5.44 Å². The van der Waals surface area contributed by atoms with Crippen molar-refractivity contribution in [2.75, 3.05) is 5.88 Å². The van der Waals surface area contributed by atoms with E-state index in [0.717, 1.165) is 11.8 Å². The van der Waals surface area contributed by atoms with Gasteiger partial charge in [-0.3, -0.25) is 9.73 Å². The van der Waals surface area contributed by atoms with Crippen LogP contribution in [0.4, 0.5) is 13.2 Å². The smallest absolute Gasteiger partial charge is 0.273 e. The zero-order valence-corrected chi connectivity index (χ0v) is 5.50. The fourth-order valence-electron chi connectivity index (χ4n) is 0.436. The summed E-state index contributed by atoms with van der Waals surface area (Å²) in [4.78, 5) is 3.44. The van der Waals surface area contributed by atoms with E-state index >= 15 is 0 Å². The number of nitrogens with zero attached hydrogens (tertiary/aromatic N) is 1. The maximum atomic E-state index is 11.4. The molecule has 0 aliphatic carbocycles. The highest BCUT2D eigenvalue weighted by Crippen LogP contribution is 2.25. The van der Waals surface area contributed by atoms with E-state index in [0.29, 0.717) is 5.88 Å². The Hall–Kier alpha value is -0.230. The Morgan fingerprint density at radius 3 is 2.70 bits per heavy atom. The van der Waals surface area contributed by atoms with Crippen molar-refractivity contribution in [1.82, 2.24) is 0 Å². The standard InChI is InChI=1S/C4H3F3NOS/c5-4(6,7)9-3-1-8-2-10-3/h3H,2H2. The van der Waals surface area contributed by atoms with Gasteiger partial charge < -0.3 is 0 Å². The molecule has 1 radical (unpaired) electrons. The van der Waals surface area contributed by atoms with Crippen LogP contribution in [-0.2, 0) is 4.74 Å². The SMILES string of the molecule is FC(F)(F)OC1[C]=NCS1. The van der Waals surface area contributed by atoms with E-state index in [-0.39, 0.29) is 0 Å². The predicted octanol–water partition coefficient (Wildman–Crippen LogP) is 1.50. The van der Waals surface area contributed by atoms with Crippen LogP contribution in [0, 0.1) is 0 Å². The first kappa shape index (κ1) is 7.87. The topological polar surface area (TPSA) is 21.6 Å².